The highest BCUT2D eigenvalue weighted by Crippen LogP contribution is 2.19. The second-order valence-corrected chi connectivity index (χ2v) is 5.80. The summed E-state index contributed by atoms with van der Waals surface area (Å²) in [6.07, 6.45) is 0.307. The van der Waals surface area contributed by atoms with Gasteiger partial charge in [0.25, 0.3) is 0 Å². The van der Waals surface area contributed by atoms with E-state index >= 15 is 0 Å². The van der Waals surface area contributed by atoms with E-state index in [0.717, 1.165) is 0 Å². The fourth-order valence-electron chi connectivity index (χ4n) is 2.56. The molecule has 1 aromatic heterocycles. The van der Waals surface area contributed by atoms with Gasteiger partial charge >= 0.3 is 5.76 Å². The van der Waals surface area contributed by atoms with Crippen LogP contribution >= 0.6 is 0 Å². The largest absolute Gasteiger partial charge is 0.419 e. The van der Waals surface area contributed by atoms with E-state index in [-0.39, 0.29) is 11.7 Å². The number of hydrogen-bond donors (Lipinski definition) is 1. The van der Waals surface area contributed by atoms with Gasteiger partial charge in [0.2, 0.25) is 5.91 Å². The Hall–Kier alpha value is -2.89. The van der Waals surface area contributed by atoms with Crippen molar-refractivity contribution in [3.05, 3.63) is 64.4 Å². The molecule has 0 aliphatic rings. The molecule has 3 aromatic rings. The number of rotatable bonds is 4. The van der Waals surface area contributed by atoms with Gasteiger partial charge in [-0.3, -0.25) is 9.36 Å². The lowest BCUT2D eigenvalue weighted by Crippen LogP contribution is -2.22. The summed E-state index contributed by atoms with van der Waals surface area (Å²) in [5.74, 6) is -1.40. The SMILES string of the molecule is CC(Cc1ccccc1F)C(=O)Nc1ccc2c(c1)oc(=O)n2C. The highest BCUT2D eigenvalue weighted by atomic mass is 19.1. The molecule has 0 saturated heterocycles. The predicted molar refractivity (Wildman–Crippen MR) is 89.4 cm³/mol. The van der Waals surface area contributed by atoms with Gasteiger partial charge in [-0.15, -0.1) is 0 Å². The number of halogens is 1. The van der Waals surface area contributed by atoms with Crippen LogP contribution in [0.25, 0.3) is 11.1 Å². The minimum atomic E-state index is -0.457. The summed E-state index contributed by atoms with van der Waals surface area (Å²) in [6, 6.07) is 11.4. The minimum absolute atomic E-state index is 0.226. The molecular formula is C18H17FN2O3. The molecule has 124 valence electrons. The zero-order valence-electron chi connectivity index (χ0n) is 13.4. The minimum Gasteiger partial charge on any atom is -0.408 e. The maximum Gasteiger partial charge on any atom is 0.419 e. The van der Waals surface area contributed by atoms with Gasteiger partial charge in [-0.1, -0.05) is 25.1 Å². The number of aromatic nitrogens is 1. The predicted octanol–water partition coefficient (Wildman–Crippen LogP) is 3.09. The summed E-state index contributed by atoms with van der Waals surface area (Å²) in [5, 5.41) is 2.77. The van der Waals surface area contributed by atoms with Gasteiger partial charge in [-0.25, -0.2) is 9.18 Å². The first kappa shape index (κ1) is 16.0. The molecule has 0 aliphatic carbocycles. The van der Waals surface area contributed by atoms with Crippen LogP contribution in [-0.4, -0.2) is 10.5 Å². The zero-order valence-corrected chi connectivity index (χ0v) is 13.4. The molecule has 6 heteroatoms. The number of oxazole rings is 1. The van der Waals surface area contributed by atoms with Gasteiger partial charge in [-0.2, -0.15) is 0 Å². The molecule has 1 unspecified atom stereocenters. The van der Waals surface area contributed by atoms with Crippen LogP contribution in [0, 0.1) is 11.7 Å². The Kier molecular flexibility index (Phi) is 4.20. The Balaban J connectivity index is 1.74. The van der Waals surface area contributed by atoms with E-state index in [1.807, 2.05) is 0 Å². The number of carbonyl (C=O) groups is 1. The average molecular weight is 328 g/mol. The molecule has 1 amide bonds. The van der Waals surface area contributed by atoms with E-state index in [0.29, 0.717) is 28.8 Å². The summed E-state index contributed by atoms with van der Waals surface area (Å²) in [5.41, 5.74) is 2.09. The number of aryl methyl sites for hydroxylation is 1. The van der Waals surface area contributed by atoms with Gasteiger partial charge in [0.1, 0.15) is 5.82 Å². The molecule has 5 nitrogen and oxygen atoms in total. The third kappa shape index (κ3) is 3.08. The lowest BCUT2D eigenvalue weighted by Gasteiger charge is -2.12. The molecule has 1 atom stereocenters. The van der Waals surface area contributed by atoms with Crippen molar-refractivity contribution in [3.8, 4) is 0 Å². The summed E-state index contributed by atoms with van der Waals surface area (Å²) in [6.45, 7) is 1.74. The van der Waals surface area contributed by atoms with E-state index in [1.54, 1.807) is 50.4 Å². The number of benzene rings is 2. The molecule has 0 radical (unpaired) electrons. The summed E-state index contributed by atoms with van der Waals surface area (Å²) in [4.78, 5) is 23.8. The van der Waals surface area contributed by atoms with Gasteiger partial charge in [0, 0.05) is 24.7 Å². The monoisotopic (exact) mass is 328 g/mol. The van der Waals surface area contributed by atoms with Crippen LogP contribution in [0.3, 0.4) is 0 Å². The van der Waals surface area contributed by atoms with Crippen molar-refractivity contribution in [2.24, 2.45) is 13.0 Å². The fraction of sp³-hybridized carbons (Fsp3) is 0.222. The molecule has 0 fully saturated rings. The molecule has 0 aliphatic heterocycles. The van der Waals surface area contributed by atoms with Crippen LogP contribution in [0.2, 0.25) is 0 Å². The number of anilines is 1. The number of hydrogen-bond acceptors (Lipinski definition) is 3. The van der Waals surface area contributed by atoms with E-state index < -0.39 is 11.7 Å². The second-order valence-electron chi connectivity index (χ2n) is 5.80. The van der Waals surface area contributed by atoms with Crippen molar-refractivity contribution in [1.29, 1.82) is 0 Å². The van der Waals surface area contributed by atoms with E-state index in [1.165, 1.54) is 10.6 Å². The first-order chi connectivity index (χ1) is 11.5. The molecule has 0 bridgehead atoms. The van der Waals surface area contributed by atoms with Gasteiger partial charge in [0.15, 0.2) is 5.58 Å². The number of fused-ring (bicyclic) bond motifs is 1. The summed E-state index contributed by atoms with van der Waals surface area (Å²) >= 11 is 0. The highest BCUT2D eigenvalue weighted by Gasteiger charge is 2.16. The lowest BCUT2D eigenvalue weighted by molar-refractivity contribution is -0.119. The molecule has 24 heavy (non-hydrogen) atoms. The van der Waals surface area contributed by atoms with Crippen molar-refractivity contribution in [2.45, 2.75) is 13.3 Å². The third-order valence-electron chi connectivity index (χ3n) is 3.99. The number of carbonyl (C=O) groups excluding carboxylic acids is 1. The molecule has 3 rings (SSSR count). The molecular weight excluding hydrogens is 311 g/mol. The quantitative estimate of drug-likeness (QED) is 0.800. The Bertz CT molecular complexity index is 958. The lowest BCUT2D eigenvalue weighted by atomic mass is 10.00. The van der Waals surface area contributed by atoms with Crippen LogP contribution in [0.5, 0.6) is 0 Å². The summed E-state index contributed by atoms with van der Waals surface area (Å²) in [7, 11) is 1.61. The standard InChI is InChI=1S/C18H17FN2O3/c1-11(9-12-5-3-4-6-14(12)19)17(22)20-13-7-8-15-16(10-13)24-18(23)21(15)2/h3-8,10-11H,9H2,1-2H3,(H,20,22). The third-order valence-corrected chi connectivity index (χ3v) is 3.99. The number of amides is 1. The van der Waals surface area contributed by atoms with Gasteiger partial charge < -0.3 is 9.73 Å². The van der Waals surface area contributed by atoms with Crippen molar-refractivity contribution in [1.82, 2.24) is 4.57 Å². The number of nitrogens with one attached hydrogen (secondary N) is 1. The normalized spacial score (nSPS) is 12.3. The van der Waals surface area contributed by atoms with Gasteiger partial charge in [0.05, 0.1) is 5.52 Å². The van der Waals surface area contributed by atoms with Crippen molar-refractivity contribution < 1.29 is 13.6 Å². The van der Waals surface area contributed by atoms with E-state index in [9.17, 15) is 14.0 Å². The Morgan fingerprint density at radius 1 is 1.29 bits per heavy atom. The van der Waals surface area contributed by atoms with Crippen LogP contribution < -0.4 is 11.1 Å². The second kappa shape index (κ2) is 6.31. The fourth-order valence-corrected chi connectivity index (χ4v) is 2.56. The van der Waals surface area contributed by atoms with Crippen molar-refractivity contribution in [2.75, 3.05) is 5.32 Å². The van der Waals surface area contributed by atoms with Gasteiger partial charge in [-0.05, 0) is 30.2 Å². The zero-order chi connectivity index (χ0) is 17.3. The molecule has 0 saturated carbocycles. The molecule has 2 aromatic carbocycles. The molecule has 0 spiro atoms. The number of nitrogens with zero attached hydrogens (tertiary/aromatic N) is 1. The Morgan fingerprint density at radius 3 is 2.79 bits per heavy atom. The Morgan fingerprint density at radius 2 is 2.04 bits per heavy atom. The first-order valence-electron chi connectivity index (χ1n) is 7.59. The maximum atomic E-state index is 13.7. The molecule has 1 heterocycles. The van der Waals surface area contributed by atoms with Crippen molar-refractivity contribution >= 4 is 22.7 Å². The maximum absolute atomic E-state index is 13.7. The molecule has 1 N–H and O–H groups in total. The first-order valence-corrected chi connectivity index (χ1v) is 7.59. The van der Waals surface area contributed by atoms with Crippen LogP contribution in [0.15, 0.2) is 51.7 Å². The van der Waals surface area contributed by atoms with E-state index in [4.69, 9.17) is 4.42 Å². The van der Waals surface area contributed by atoms with Crippen molar-refractivity contribution in [3.63, 3.8) is 0 Å². The summed E-state index contributed by atoms with van der Waals surface area (Å²) < 4.78 is 20.2. The van der Waals surface area contributed by atoms with Crippen LogP contribution in [0.1, 0.15) is 12.5 Å². The average Bonchev–Trinajstić information content (AvgIpc) is 2.83. The van der Waals surface area contributed by atoms with Crippen LogP contribution in [0.4, 0.5) is 10.1 Å². The van der Waals surface area contributed by atoms with E-state index in [2.05, 4.69) is 5.32 Å². The van der Waals surface area contributed by atoms with Crippen LogP contribution in [-0.2, 0) is 18.3 Å². The highest BCUT2D eigenvalue weighted by molar-refractivity contribution is 5.94. The topological polar surface area (TPSA) is 64.2 Å². The smallest absolute Gasteiger partial charge is 0.408 e. The Labute approximate surface area is 137 Å².